The van der Waals surface area contributed by atoms with E-state index in [-0.39, 0.29) is 29.6 Å². The molecule has 0 amide bonds. The molecule has 0 spiro atoms. The molecule has 128 valence electrons. The maximum atomic E-state index is 10.5. The molecule has 0 bridgehead atoms. The van der Waals surface area contributed by atoms with E-state index in [4.69, 9.17) is 4.74 Å². The molecule has 4 aliphatic rings. The van der Waals surface area contributed by atoms with Gasteiger partial charge in [-0.25, -0.2) is 0 Å². The summed E-state index contributed by atoms with van der Waals surface area (Å²) in [6, 6.07) is 0. The van der Waals surface area contributed by atoms with E-state index in [9.17, 15) is 10.2 Å². The number of hydrogen-bond acceptors (Lipinski definition) is 3. The zero-order valence-electron chi connectivity index (χ0n) is 14.4. The van der Waals surface area contributed by atoms with Crippen LogP contribution in [0.25, 0.3) is 0 Å². The molecule has 2 saturated carbocycles. The Morgan fingerprint density at radius 1 is 1.30 bits per heavy atom. The molecule has 3 nitrogen and oxygen atoms in total. The van der Waals surface area contributed by atoms with Crippen molar-refractivity contribution in [3.63, 3.8) is 0 Å². The molecule has 3 aliphatic carbocycles. The Balaban J connectivity index is 1.72. The van der Waals surface area contributed by atoms with Crippen LogP contribution in [0.5, 0.6) is 0 Å². The summed E-state index contributed by atoms with van der Waals surface area (Å²) >= 11 is 0. The molecular weight excluding hydrogens is 288 g/mol. The topological polar surface area (TPSA) is 49.7 Å². The second-order valence-corrected chi connectivity index (χ2v) is 8.84. The van der Waals surface area contributed by atoms with E-state index < -0.39 is 0 Å². The Bertz CT molecular complexity index is 553. The van der Waals surface area contributed by atoms with Crippen molar-refractivity contribution in [2.45, 2.75) is 58.2 Å². The summed E-state index contributed by atoms with van der Waals surface area (Å²) in [4.78, 5) is 0. The Morgan fingerprint density at radius 2 is 2.09 bits per heavy atom. The molecule has 2 N–H and O–H groups in total. The molecule has 0 aromatic rings. The number of fused-ring (bicyclic) bond motifs is 5. The van der Waals surface area contributed by atoms with Gasteiger partial charge in [-0.05, 0) is 60.5 Å². The minimum absolute atomic E-state index is 0.0731. The molecule has 4 rings (SSSR count). The van der Waals surface area contributed by atoms with Crippen LogP contribution in [0.4, 0.5) is 0 Å². The third kappa shape index (κ3) is 1.99. The fraction of sp³-hybridized carbons (Fsp3) is 0.800. The van der Waals surface area contributed by atoms with Crippen LogP contribution in [0, 0.1) is 28.6 Å². The molecular formula is C20H30O3. The van der Waals surface area contributed by atoms with Gasteiger partial charge in [-0.1, -0.05) is 26.5 Å². The van der Waals surface area contributed by atoms with E-state index in [1.165, 1.54) is 24.0 Å². The second-order valence-electron chi connectivity index (χ2n) is 8.84. The molecule has 23 heavy (non-hydrogen) atoms. The van der Waals surface area contributed by atoms with Crippen molar-refractivity contribution in [3.05, 3.63) is 23.8 Å². The van der Waals surface area contributed by atoms with Crippen molar-refractivity contribution in [1.29, 1.82) is 0 Å². The first kappa shape index (κ1) is 15.9. The van der Waals surface area contributed by atoms with Crippen molar-refractivity contribution in [2.24, 2.45) is 28.6 Å². The van der Waals surface area contributed by atoms with Crippen LogP contribution in [-0.2, 0) is 4.74 Å². The summed E-state index contributed by atoms with van der Waals surface area (Å²) in [6.07, 6.45) is 7.41. The normalized spacial score (nSPS) is 52.4. The van der Waals surface area contributed by atoms with Gasteiger partial charge in [0.1, 0.15) is 0 Å². The highest BCUT2D eigenvalue weighted by molar-refractivity contribution is 5.31. The van der Waals surface area contributed by atoms with Crippen LogP contribution in [0.3, 0.4) is 0 Å². The fourth-order valence-corrected chi connectivity index (χ4v) is 6.36. The lowest BCUT2D eigenvalue weighted by Gasteiger charge is -2.60. The summed E-state index contributed by atoms with van der Waals surface area (Å²) in [5.74, 6) is 1.39. The number of aliphatic hydroxyl groups excluding tert-OH is 2. The summed E-state index contributed by atoms with van der Waals surface area (Å²) in [5, 5.41) is 20.6. The monoisotopic (exact) mass is 318 g/mol. The molecule has 1 aliphatic heterocycles. The lowest BCUT2D eigenvalue weighted by molar-refractivity contribution is -0.149. The molecule has 0 radical (unpaired) electrons. The summed E-state index contributed by atoms with van der Waals surface area (Å²) in [6.45, 7) is 9.47. The molecule has 3 heteroatoms. The number of ether oxygens (including phenoxy) is 1. The van der Waals surface area contributed by atoms with Gasteiger partial charge >= 0.3 is 0 Å². The Labute approximate surface area is 139 Å². The van der Waals surface area contributed by atoms with Gasteiger partial charge < -0.3 is 14.9 Å². The maximum absolute atomic E-state index is 10.5. The first-order valence-corrected chi connectivity index (χ1v) is 9.20. The van der Waals surface area contributed by atoms with Crippen LogP contribution in [0.2, 0.25) is 0 Å². The average Bonchev–Trinajstić information content (AvgIpc) is 2.93. The van der Waals surface area contributed by atoms with Crippen LogP contribution >= 0.6 is 0 Å². The summed E-state index contributed by atoms with van der Waals surface area (Å²) < 4.78 is 6.10. The zero-order valence-corrected chi connectivity index (χ0v) is 14.4. The molecule has 1 saturated heterocycles. The van der Waals surface area contributed by atoms with Gasteiger partial charge in [0, 0.05) is 11.3 Å². The number of allylic oxidation sites excluding steroid dienone is 1. The van der Waals surface area contributed by atoms with E-state index in [0.717, 1.165) is 19.3 Å². The third-order valence-corrected chi connectivity index (χ3v) is 7.87. The van der Waals surface area contributed by atoms with E-state index in [0.29, 0.717) is 24.4 Å². The number of aliphatic hydroxyl groups is 2. The molecule has 1 unspecified atom stereocenters. The highest BCUT2D eigenvalue weighted by Gasteiger charge is 2.59. The minimum atomic E-state index is -0.389. The van der Waals surface area contributed by atoms with E-state index in [1.54, 1.807) is 0 Å². The predicted molar refractivity (Wildman–Crippen MR) is 89.8 cm³/mol. The standard InChI is InChI=1S/C20H30O3/c1-12-10-23-18-13(12)4-6-15-14(18)5-7-16-19(15,2)9-8-17(22)20(16,3)11-21/h5,13,15-18,21-22H,1,4,6-11H2,2-3H3/t13?,15-,16+,17-,18-,19+,20-/m1/s1. The Morgan fingerprint density at radius 3 is 2.83 bits per heavy atom. The first-order chi connectivity index (χ1) is 10.9. The quantitative estimate of drug-likeness (QED) is 0.731. The maximum Gasteiger partial charge on any atom is 0.0858 e. The highest BCUT2D eigenvalue weighted by atomic mass is 16.5. The SMILES string of the molecule is C=C1CO[C@H]2C3=CC[C@@H]4[C@@](C)(CO)[C@H](O)CC[C@@]4(C)[C@@H]3CCC12. The van der Waals surface area contributed by atoms with Gasteiger partial charge in [0.15, 0.2) is 0 Å². The number of rotatable bonds is 1. The summed E-state index contributed by atoms with van der Waals surface area (Å²) in [5.41, 5.74) is 2.54. The van der Waals surface area contributed by atoms with Crippen molar-refractivity contribution in [1.82, 2.24) is 0 Å². The van der Waals surface area contributed by atoms with Crippen LogP contribution in [0.15, 0.2) is 23.8 Å². The van der Waals surface area contributed by atoms with Crippen molar-refractivity contribution < 1.29 is 14.9 Å². The Hall–Kier alpha value is -0.640. The van der Waals surface area contributed by atoms with Gasteiger partial charge in [0.25, 0.3) is 0 Å². The number of hydrogen-bond donors (Lipinski definition) is 2. The Kier molecular flexibility index (Phi) is 3.57. The first-order valence-electron chi connectivity index (χ1n) is 9.20. The van der Waals surface area contributed by atoms with Gasteiger partial charge in [-0.15, -0.1) is 0 Å². The van der Waals surface area contributed by atoms with Crippen molar-refractivity contribution >= 4 is 0 Å². The van der Waals surface area contributed by atoms with Crippen LogP contribution in [-0.4, -0.2) is 35.6 Å². The smallest absolute Gasteiger partial charge is 0.0858 e. The highest BCUT2D eigenvalue weighted by Crippen LogP contribution is 2.63. The molecule has 0 aromatic carbocycles. The average molecular weight is 318 g/mol. The van der Waals surface area contributed by atoms with Gasteiger partial charge in [-0.2, -0.15) is 0 Å². The van der Waals surface area contributed by atoms with Crippen molar-refractivity contribution in [3.8, 4) is 0 Å². The van der Waals surface area contributed by atoms with E-state index in [2.05, 4.69) is 26.5 Å². The van der Waals surface area contributed by atoms with Crippen molar-refractivity contribution in [2.75, 3.05) is 13.2 Å². The lowest BCUT2D eigenvalue weighted by Crippen LogP contribution is -2.58. The fourth-order valence-electron chi connectivity index (χ4n) is 6.36. The minimum Gasteiger partial charge on any atom is -0.396 e. The van der Waals surface area contributed by atoms with E-state index in [1.807, 2.05) is 0 Å². The largest absolute Gasteiger partial charge is 0.396 e. The van der Waals surface area contributed by atoms with Gasteiger partial charge in [-0.3, -0.25) is 0 Å². The van der Waals surface area contributed by atoms with E-state index >= 15 is 0 Å². The zero-order chi connectivity index (χ0) is 16.4. The van der Waals surface area contributed by atoms with Crippen LogP contribution in [0.1, 0.15) is 46.0 Å². The third-order valence-electron chi connectivity index (χ3n) is 7.87. The summed E-state index contributed by atoms with van der Waals surface area (Å²) in [7, 11) is 0. The second kappa shape index (κ2) is 5.18. The van der Waals surface area contributed by atoms with Crippen LogP contribution < -0.4 is 0 Å². The molecule has 7 atom stereocenters. The lowest BCUT2D eigenvalue weighted by atomic mass is 9.45. The molecule has 0 aromatic heterocycles. The molecule has 1 heterocycles. The predicted octanol–water partition coefficient (Wildman–Crippen LogP) is 3.07. The van der Waals surface area contributed by atoms with Gasteiger partial charge in [0.05, 0.1) is 25.4 Å². The molecule has 3 fully saturated rings. The van der Waals surface area contributed by atoms with Gasteiger partial charge in [0.2, 0.25) is 0 Å².